The number of rotatable bonds is 4. The molecule has 3 rings (SSSR count). The molecule has 0 bridgehead atoms. The van der Waals surface area contributed by atoms with Gasteiger partial charge in [0.25, 0.3) is 5.56 Å². The molecule has 26 heavy (non-hydrogen) atoms. The van der Waals surface area contributed by atoms with E-state index in [4.69, 9.17) is 10.00 Å². The topological polar surface area (TPSA) is 103 Å². The monoisotopic (exact) mass is 406 g/mol. The Kier molecular flexibility index (Phi) is 5.12. The minimum atomic E-state index is -0.321. The Bertz CT molecular complexity index is 1150. The zero-order valence-electron chi connectivity index (χ0n) is 13.4. The molecule has 2 aromatic carbocycles. The Morgan fingerprint density at radius 2 is 2.12 bits per heavy atom. The fourth-order valence-electron chi connectivity index (χ4n) is 2.37. The van der Waals surface area contributed by atoms with Gasteiger partial charge >= 0.3 is 0 Å². The van der Waals surface area contributed by atoms with Crippen molar-refractivity contribution in [3.63, 3.8) is 0 Å². The van der Waals surface area contributed by atoms with Crippen LogP contribution in [0.25, 0.3) is 22.6 Å². The fraction of sp³-hybridized carbons (Fsp3) is 0.0526. The van der Waals surface area contributed by atoms with Gasteiger partial charge in [-0.05, 0) is 42.0 Å². The summed E-state index contributed by atoms with van der Waals surface area (Å²) in [6.07, 6.45) is 1.60. The first kappa shape index (κ1) is 17.4. The second kappa shape index (κ2) is 7.64. The van der Waals surface area contributed by atoms with Crippen LogP contribution in [0.4, 0.5) is 0 Å². The highest BCUT2D eigenvalue weighted by atomic mass is 79.9. The smallest absolute Gasteiger partial charge is 0.259 e. The summed E-state index contributed by atoms with van der Waals surface area (Å²) in [5, 5.41) is 18.5. The highest BCUT2D eigenvalue weighted by molar-refractivity contribution is 9.10. The van der Waals surface area contributed by atoms with Gasteiger partial charge in [0.05, 0.1) is 16.5 Å². The number of hydrogen-bond donors (Lipinski definition) is 1. The van der Waals surface area contributed by atoms with Gasteiger partial charge in [-0.15, -0.1) is 0 Å². The first-order valence-electron chi connectivity index (χ1n) is 7.52. The summed E-state index contributed by atoms with van der Waals surface area (Å²) in [6.45, 7) is -0.0621. The van der Waals surface area contributed by atoms with E-state index < -0.39 is 0 Å². The van der Waals surface area contributed by atoms with Crippen molar-refractivity contribution in [3.8, 4) is 17.9 Å². The zero-order valence-corrected chi connectivity index (χ0v) is 14.9. The van der Waals surface area contributed by atoms with Gasteiger partial charge in [0.1, 0.15) is 17.9 Å². The molecule has 3 aromatic rings. The van der Waals surface area contributed by atoms with Crippen molar-refractivity contribution in [2.45, 2.75) is 0 Å². The molecule has 7 heteroatoms. The lowest BCUT2D eigenvalue weighted by molar-refractivity contribution is 0.368. The predicted molar refractivity (Wildman–Crippen MR) is 101 cm³/mol. The van der Waals surface area contributed by atoms with E-state index in [9.17, 15) is 10.1 Å². The number of H-pyrrole nitrogens is 1. The highest BCUT2D eigenvalue weighted by Crippen LogP contribution is 2.20. The Morgan fingerprint density at radius 3 is 2.88 bits per heavy atom. The SMILES string of the molecule is N#CCOc1cccc(/C=C(\C#N)c2nc3ccc(Br)cc3c(=O)[nH]2)c1. The normalized spacial score (nSPS) is 11.0. The quantitative estimate of drug-likeness (QED) is 0.665. The van der Waals surface area contributed by atoms with Crippen molar-refractivity contribution in [2.75, 3.05) is 6.61 Å². The molecule has 0 fully saturated rings. The third-order valence-corrected chi connectivity index (χ3v) is 4.01. The number of fused-ring (bicyclic) bond motifs is 1. The van der Waals surface area contributed by atoms with Gasteiger partial charge < -0.3 is 9.72 Å². The van der Waals surface area contributed by atoms with Gasteiger partial charge in [-0.1, -0.05) is 28.1 Å². The minimum absolute atomic E-state index is 0.0621. The summed E-state index contributed by atoms with van der Waals surface area (Å²) < 4.78 is 6.03. The van der Waals surface area contributed by atoms with Crippen molar-refractivity contribution in [1.82, 2.24) is 9.97 Å². The molecule has 0 unspecified atom stereocenters. The van der Waals surface area contributed by atoms with Crippen LogP contribution in [-0.4, -0.2) is 16.6 Å². The molecule has 6 nitrogen and oxygen atoms in total. The molecule has 126 valence electrons. The lowest BCUT2D eigenvalue weighted by atomic mass is 10.1. The van der Waals surface area contributed by atoms with E-state index in [0.29, 0.717) is 22.2 Å². The number of benzene rings is 2. The van der Waals surface area contributed by atoms with E-state index >= 15 is 0 Å². The zero-order chi connectivity index (χ0) is 18.5. The molecule has 1 aromatic heterocycles. The number of ether oxygens (including phenoxy) is 1. The highest BCUT2D eigenvalue weighted by Gasteiger charge is 2.09. The number of allylic oxidation sites excluding steroid dienone is 1. The molecular formula is C19H11BrN4O2. The molecule has 1 heterocycles. The maximum atomic E-state index is 12.3. The summed E-state index contributed by atoms with van der Waals surface area (Å²) in [5.74, 6) is 0.707. The van der Waals surface area contributed by atoms with Crippen LogP contribution in [0.15, 0.2) is 51.7 Å². The summed E-state index contributed by atoms with van der Waals surface area (Å²) in [5.41, 5.74) is 1.08. The van der Waals surface area contributed by atoms with E-state index in [0.717, 1.165) is 4.47 Å². The summed E-state index contributed by atoms with van der Waals surface area (Å²) in [6, 6.07) is 16.1. The molecule has 0 aliphatic rings. The maximum Gasteiger partial charge on any atom is 0.259 e. The molecular weight excluding hydrogens is 396 g/mol. The van der Waals surface area contributed by atoms with Gasteiger partial charge in [-0.25, -0.2) is 4.98 Å². The van der Waals surface area contributed by atoms with Gasteiger partial charge in [0, 0.05) is 4.47 Å². The van der Waals surface area contributed by atoms with Crippen molar-refractivity contribution < 1.29 is 4.74 Å². The van der Waals surface area contributed by atoms with Crippen LogP contribution < -0.4 is 10.3 Å². The fourth-order valence-corrected chi connectivity index (χ4v) is 2.73. The van der Waals surface area contributed by atoms with Crippen LogP contribution in [0.1, 0.15) is 11.4 Å². The van der Waals surface area contributed by atoms with Crippen molar-refractivity contribution in [1.29, 1.82) is 10.5 Å². The van der Waals surface area contributed by atoms with Gasteiger partial charge in [-0.3, -0.25) is 4.79 Å². The summed E-state index contributed by atoms with van der Waals surface area (Å²) in [7, 11) is 0. The predicted octanol–water partition coefficient (Wildman–Crippen LogP) is 3.65. The minimum Gasteiger partial charge on any atom is -0.479 e. The van der Waals surface area contributed by atoms with Gasteiger partial charge in [-0.2, -0.15) is 10.5 Å². The summed E-state index contributed by atoms with van der Waals surface area (Å²) in [4.78, 5) is 19.3. The van der Waals surface area contributed by atoms with E-state index in [2.05, 4.69) is 32.0 Å². The molecule has 0 amide bonds. The number of nitriles is 2. The first-order chi connectivity index (χ1) is 12.6. The van der Waals surface area contributed by atoms with Crippen LogP contribution in [0.2, 0.25) is 0 Å². The number of nitrogens with zero attached hydrogens (tertiary/aromatic N) is 3. The van der Waals surface area contributed by atoms with Gasteiger partial charge in [0.2, 0.25) is 0 Å². The Morgan fingerprint density at radius 1 is 1.27 bits per heavy atom. The largest absolute Gasteiger partial charge is 0.479 e. The summed E-state index contributed by atoms with van der Waals surface area (Å²) >= 11 is 3.32. The van der Waals surface area contributed by atoms with Crippen LogP contribution in [0, 0.1) is 22.7 Å². The molecule has 1 N–H and O–H groups in total. The van der Waals surface area contributed by atoms with E-state index in [1.165, 1.54) is 0 Å². The van der Waals surface area contributed by atoms with Crippen molar-refractivity contribution in [2.24, 2.45) is 0 Å². The average molecular weight is 407 g/mol. The molecule has 0 aliphatic carbocycles. The number of aromatic amines is 1. The Balaban J connectivity index is 2.04. The van der Waals surface area contributed by atoms with E-state index in [-0.39, 0.29) is 23.6 Å². The number of halogens is 1. The third kappa shape index (κ3) is 3.80. The Hall–Kier alpha value is -3.42. The van der Waals surface area contributed by atoms with E-state index in [1.54, 1.807) is 48.5 Å². The molecule has 0 atom stereocenters. The standard InChI is InChI=1S/C19H11BrN4O2/c20-14-4-5-17-16(10-14)19(25)24-18(23-17)13(11-22)8-12-2-1-3-15(9-12)26-7-6-21/h1-5,8-10H,7H2,(H,23,24,25)/b13-8+. The first-order valence-corrected chi connectivity index (χ1v) is 8.31. The number of hydrogen-bond acceptors (Lipinski definition) is 5. The van der Waals surface area contributed by atoms with Crippen molar-refractivity contribution in [3.05, 3.63) is 68.7 Å². The van der Waals surface area contributed by atoms with Crippen LogP contribution in [0.3, 0.4) is 0 Å². The van der Waals surface area contributed by atoms with Crippen LogP contribution >= 0.6 is 15.9 Å². The lowest BCUT2D eigenvalue weighted by Gasteiger charge is -2.04. The average Bonchev–Trinajstić information content (AvgIpc) is 2.65. The van der Waals surface area contributed by atoms with Crippen molar-refractivity contribution >= 4 is 38.5 Å². The number of nitrogens with one attached hydrogen (secondary N) is 1. The molecule has 0 radical (unpaired) electrons. The lowest BCUT2D eigenvalue weighted by Crippen LogP contribution is -2.11. The number of aromatic nitrogens is 2. The molecule has 0 aliphatic heterocycles. The Labute approximate surface area is 157 Å². The third-order valence-electron chi connectivity index (χ3n) is 3.52. The van der Waals surface area contributed by atoms with Crippen LogP contribution in [0.5, 0.6) is 5.75 Å². The molecule has 0 saturated heterocycles. The molecule has 0 spiro atoms. The van der Waals surface area contributed by atoms with Crippen LogP contribution in [-0.2, 0) is 0 Å². The van der Waals surface area contributed by atoms with Gasteiger partial charge in [0.15, 0.2) is 12.4 Å². The second-order valence-electron chi connectivity index (χ2n) is 5.27. The van der Waals surface area contributed by atoms with E-state index in [1.807, 2.05) is 6.07 Å². The second-order valence-corrected chi connectivity index (χ2v) is 6.18. The molecule has 0 saturated carbocycles. The maximum absolute atomic E-state index is 12.3.